The summed E-state index contributed by atoms with van der Waals surface area (Å²) in [4.78, 5) is 79.2. The van der Waals surface area contributed by atoms with E-state index in [0.717, 1.165) is 28.6 Å². The lowest BCUT2D eigenvalue weighted by atomic mass is 10.1. The number of carbonyl (C=O) groups excluding carboxylic acids is 6. The standard InChI is InChI=1S/C19H16N2O4.C11H10BrNO2.C8H7NO2/c22-17-12-13-6-1-4-9-16(13)21(17)25-11-5-10-20-18(23)14-7-2-3-8-15(14)19(20)24;12-6-3-7-13-10(14)8-4-1-2-5-9(8)11(13)15;10-8-5-6-3-1-2-4-7(6)9(8)11/h1-4,6-9H,5,10-12H2;1-2,4-5H,3,6-7H2;1-4,11H,5H2. The number of rotatable bonds is 8. The Kier molecular flexibility index (Phi) is 10.8. The van der Waals surface area contributed by atoms with E-state index in [1.165, 1.54) is 14.9 Å². The number of para-hydroxylation sites is 2. The summed E-state index contributed by atoms with van der Waals surface area (Å²) in [6.45, 7) is 0.987. The predicted molar refractivity (Wildman–Crippen MR) is 190 cm³/mol. The van der Waals surface area contributed by atoms with Crippen molar-refractivity contribution in [2.45, 2.75) is 25.7 Å². The lowest BCUT2D eigenvalue weighted by molar-refractivity contribution is -0.124. The van der Waals surface area contributed by atoms with Gasteiger partial charge in [0.25, 0.3) is 35.4 Å². The Morgan fingerprint density at radius 2 is 0.961 bits per heavy atom. The number of hydroxylamine groups is 2. The first-order valence-corrected chi connectivity index (χ1v) is 17.4. The van der Waals surface area contributed by atoms with Gasteiger partial charge in [0.05, 0.1) is 53.1 Å². The molecule has 4 heterocycles. The molecule has 12 nitrogen and oxygen atoms in total. The number of alkyl halides is 1. The molecule has 0 saturated heterocycles. The number of anilines is 2. The maximum Gasteiger partial charge on any atom is 0.261 e. The number of hydrogen-bond acceptors (Lipinski definition) is 8. The van der Waals surface area contributed by atoms with Crippen LogP contribution in [0.2, 0.25) is 0 Å². The van der Waals surface area contributed by atoms with E-state index in [1.807, 2.05) is 36.4 Å². The zero-order chi connectivity index (χ0) is 36.1. The lowest BCUT2D eigenvalue weighted by Crippen LogP contribution is -2.33. The number of nitrogens with zero attached hydrogens (tertiary/aromatic N) is 4. The molecule has 6 amide bonds. The topological polar surface area (TPSA) is 145 Å². The molecule has 0 radical (unpaired) electrons. The summed E-state index contributed by atoms with van der Waals surface area (Å²) in [5, 5.41) is 11.9. The fourth-order valence-corrected chi connectivity index (χ4v) is 6.34. The highest BCUT2D eigenvalue weighted by Gasteiger charge is 2.36. The van der Waals surface area contributed by atoms with Crippen molar-refractivity contribution >= 4 is 62.7 Å². The molecule has 0 unspecified atom stereocenters. The molecule has 4 aromatic rings. The van der Waals surface area contributed by atoms with E-state index in [1.54, 1.807) is 60.7 Å². The first-order chi connectivity index (χ1) is 24.7. The van der Waals surface area contributed by atoms with E-state index in [4.69, 9.17) is 10.0 Å². The summed E-state index contributed by atoms with van der Waals surface area (Å²) in [7, 11) is 0. The van der Waals surface area contributed by atoms with Gasteiger partial charge in [0.1, 0.15) is 0 Å². The van der Waals surface area contributed by atoms with E-state index in [0.29, 0.717) is 58.8 Å². The highest BCUT2D eigenvalue weighted by molar-refractivity contribution is 9.09. The fraction of sp³-hybridized carbons (Fsp3) is 0.211. The van der Waals surface area contributed by atoms with Crippen LogP contribution in [0.25, 0.3) is 0 Å². The Balaban J connectivity index is 0.000000146. The van der Waals surface area contributed by atoms with Gasteiger partial charge in [0.2, 0.25) is 0 Å². The molecule has 4 aromatic carbocycles. The second kappa shape index (κ2) is 15.6. The summed E-state index contributed by atoms with van der Waals surface area (Å²) < 4.78 is 0. The summed E-state index contributed by atoms with van der Waals surface area (Å²) >= 11 is 3.28. The second-order valence-electron chi connectivity index (χ2n) is 11.8. The van der Waals surface area contributed by atoms with Gasteiger partial charge in [0.15, 0.2) is 0 Å². The number of imide groups is 2. The van der Waals surface area contributed by atoms with Gasteiger partial charge in [-0.25, -0.2) is 0 Å². The Morgan fingerprint density at radius 1 is 0.549 bits per heavy atom. The van der Waals surface area contributed by atoms with E-state index in [9.17, 15) is 28.8 Å². The fourth-order valence-electron chi connectivity index (χ4n) is 6.09. The van der Waals surface area contributed by atoms with E-state index in [2.05, 4.69) is 15.9 Å². The van der Waals surface area contributed by atoms with Crippen molar-refractivity contribution in [2.24, 2.45) is 0 Å². The van der Waals surface area contributed by atoms with Crippen LogP contribution < -0.4 is 10.1 Å². The average Bonchev–Trinajstić information content (AvgIpc) is 3.80. The molecular formula is C38H33BrN4O8. The maximum absolute atomic E-state index is 12.3. The van der Waals surface area contributed by atoms with Gasteiger partial charge in [-0.2, -0.15) is 10.1 Å². The quantitative estimate of drug-likeness (QED) is 0.112. The van der Waals surface area contributed by atoms with Crippen molar-refractivity contribution in [3.05, 3.63) is 130 Å². The highest BCUT2D eigenvalue weighted by Crippen LogP contribution is 2.29. The molecule has 0 fully saturated rings. The average molecular weight is 754 g/mol. The Bertz CT molecular complexity index is 1960. The third-order valence-corrected chi connectivity index (χ3v) is 9.16. The van der Waals surface area contributed by atoms with Gasteiger partial charge in [0, 0.05) is 18.4 Å². The summed E-state index contributed by atoms with van der Waals surface area (Å²) in [6, 6.07) is 28.4. The van der Waals surface area contributed by atoms with Gasteiger partial charge in [-0.1, -0.05) is 76.6 Å². The molecule has 0 bridgehead atoms. The monoisotopic (exact) mass is 752 g/mol. The largest absolute Gasteiger partial charge is 0.281 e. The minimum atomic E-state index is -0.275. The molecule has 4 aliphatic rings. The van der Waals surface area contributed by atoms with Crippen molar-refractivity contribution in [1.82, 2.24) is 9.80 Å². The minimum Gasteiger partial charge on any atom is -0.281 e. The number of carbonyl (C=O) groups is 6. The maximum atomic E-state index is 12.3. The molecule has 0 spiro atoms. The number of hydrogen-bond donors (Lipinski definition) is 1. The number of amides is 6. The third-order valence-electron chi connectivity index (χ3n) is 8.59. The van der Waals surface area contributed by atoms with Crippen molar-refractivity contribution in [3.8, 4) is 0 Å². The molecule has 0 saturated carbocycles. The van der Waals surface area contributed by atoms with Crippen molar-refractivity contribution in [1.29, 1.82) is 0 Å². The van der Waals surface area contributed by atoms with Gasteiger partial charge in [-0.05, 0) is 60.4 Å². The normalized spacial score (nSPS) is 15.3. The van der Waals surface area contributed by atoms with E-state index >= 15 is 0 Å². The smallest absolute Gasteiger partial charge is 0.261 e. The van der Waals surface area contributed by atoms with Crippen LogP contribution in [0.15, 0.2) is 97.1 Å². The molecule has 13 heteroatoms. The van der Waals surface area contributed by atoms with Crippen LogP contribution in [0.3, 0.4) is 0 Å². The van der Waals surface area contributed by atoms with Crippen molar-refractivity contribution in [3.63, 3.8) is 0 Å². The van der Waals surface area contributed by atoms with Crippen LogP contribution in [-0.4, -0.2) is 75.5 Å². The van der Waals surface area contributed by atoms with Crippen molar-refractivity contribution in [2.75, 3.05) is 35.2 Å². The van der Waals surface area contributed by atoms with Crippen LogP contribution in [0.5, 0.6) is 0 Å². The number of fused-ring (bicyclic) bond motifs is 4. The van der Waals surface area contributed by atoms with Crippen LogP contribution in [0, 0.1) is 0 Å². The first kappa shape index (κ1) is 35.3. The first-order valence-electron chi connectivity index (χ1n) is 16.3. The van der Waals surface area contributed by atoms with E-state index in [-0.39, 0.29) is 48.6 Å². The summed E-state index contributed by atoms with van der Waals surface area (Å²) in [5.74, 6) is -1.26. The lowest BCUT2D eigenvalue weighted by Gasteiger charge is -2.18. The molecule has 260 valence electrons. The van der Waals surface area contributed by atoms with Gasteiger partial charge in [-0.3, -0.25) is 48.6 Å². The Morgan fingerprint density at radius 3 is 1.45 bits per heavy atom. The minimum absolute atomic E-state index is 0.109. The zero-order valence-corrected chi connectivity index (χ0v) is 29.0. The van der Waals surface area contributed by atoms with Gasteiger partial charge in [-0.15, -0.1) is 0 Å². The SMILES string of the molecule is O=C1Cc2ccccc2N1O.O=C1c2ccccc2C(=O)N1CCCBr.O=C1c2ccccc2C(=O)N1CCCON1C(=O)Cc2ccccc21. The third kappa shape index (κ3) is 7.22. The number of halogens is 1. The summed E-state index contributed by atoms with van der Waals surface area (Å²) in [5.41, 5.74) is 5.13. The molecule has 4 aliphatic heterocycles. The summed E-state index contributed by atoms with van der Waals surface area (Å²) in [6.07, 6.45) is 1.88. The molecule has 0 aliphatic carbocycles. The van der Waals surface area contributed by atoms with Crippen LogP contribution in [0.4, 0.5) is 11.4 Å². The molecule has 0 aromatic heterocycles. The molecular weight excluding hydrogens is 720 g/mol. The molecule has 0 atom stereocenters. The number of benzene rings is 4. The Labute approximate surface area is 301 Å². The highest BCUT2D eigenvalue weighted by atomic mass is 79.9. The molecule has 51 heavy (non-hydrogen) atoms. The predicted octanol–water partition coefficient (Wildman–Crippen LogP) is 5.23. The van der Waals surface area contributed by atoms with Crippen LogP contribution >= 0.6 is 15.9 Å². The molecule has 8 rings (SSSR count). The van der Waals surface area contributed by atoms with Crippen molar-refractivity contribution < 1.29 is 38.8 Å². The van der Waals surface area contributed by atoms with Gasteiger partial charge < -0.3 is 0 Å². The molecule has 1 N–H and O–H groups in total. The second-order valence-corrected chi connectivity index (χ2v) is 12.6. The zero-order valence-electron chi connectivity index (χ0n) is 27.4. The van der Waals surface area contributed by atoms with E-state index < -0.39 is 0 Å². The van der Waals surface area contributed by atoms with Crippen LogP contribution in [-0.2, 0) is 27.3 Å². The van der Waals surface area contributed by atoms with Crippen LogP contribution in [0.1, 0.15) is 65.4 Å². The Hall–Kier alpha value is -5.50. The van der Waals surface area contributed by atoms with Gasteiger partial charge >= 0.3 is 0 Å².